The lowest BCUT2D eigenvalue weighted by Crippen LogP contribution is -2.53. The molecule has 6 heteroatoms. The minimum atomic E-state index is -0.395. The van der Waals surface area contributed by atoms with E-state index >= 15 is 0 Å². The molecule has 2 saturated heterocycles. The number of likely N-dealkylation sites (tertiary alicyclic amines) is 1. The summed E-state index contributed by atoms with van der Waals surface area (Å²) < 4.78 is 13.7. The lowest BCUT2D eigenvalue weighted by atomic mass is 9.83. The van der Waals surface area contributed by atoms with Crippen molar-refractivity contribution in [1.29, 1.82) is 0 Å². The fourth-order valence-electron chi connectivity index (χ4n) is 3.96. The van der Waals surface area contributed by atoms with Crippen LogP contribution in [-0.2, 0) is 9.59 Å². The van der Waals surface area contributed by atoms with E-state index < -0.39 is 6.04 Å². The Morgan fingerprint density at radius 3 is 2.60 bits per heavy atom. The van der Waals surface area contributed by atoms with Crippen LogP contribution in [0.1, 0.15) is 31.4 Å². The molecule has 136 valence electrons. The average Bonchev–Trinajstić information content (AvgIpc) is 2.63. The molecule has 0 radical (unpaired) electrons. The van der Waals surface area contributed by atoms with Crippen LogP contribution in [0.3, 0.4) is 0 Å². The first kappa shape index (κ1) is 17.9. The van der Waals surface area contributed by atoms with Crippen molar-refractivity contribution in [3.05, 3.63) is 35.6 Å². The molecule has 1 aromatic carbocycles. The van der Waals surface area contributed by atoms with E-state index in [9.17, 15) is 14.0 Å². The van der Waals surface area contributed by atoms with Crippen LogP contribution in [0.5, 0.6) is 0 Å². The number of hydrogen-bond donors (Lipinski definition) is 0. The van der Waals surface area contributed by atoms with E-state index in [1.807, 2.05) is 4.90 Å². The van der Waals surface area contributed by atoms with Crippen molar-refractivity contribution in [2.45, 2.75) is 25.8 Å². The molecule has 25 heavy (non-hydrogen) atoms. The molecule has 3 rings (SSSR count). The second-order valence-corrected chi connectivity index (χ2v) is 6.91. The maximum absolute atomic E-state index is 13.7. The van der Waals surface area contributed by atoms with Gasteiger partial charge in [-0.3, -0.25) is 9.59 Å². The molecule has 0 spiro atoms. The molecule has 2 heterocycles. The van der Waals surface area contributed by atoms with Crippen LogP contribution in [0, 0.1) is 11.7 Å². The molecular weight excluding hydrogens is 321 g/mol. The number of carbonyl (C=O) groups is 2. The second kappa shape index (κ2) is 7.52. The summed E-state index contributed by atoms with van der Waals surface area (Å²) in [5.74, 6) is -0.553. The Labute approximate surface area is 148 Å². The largest absolute Gasteiger partial charge is 0.340 e. The number of nitrogens with zero attached hydrogens (tertiary/aromatic N) is 3. The molecule has 0 N–H and O–H groups in total. The van der Waals surface area contributed by atoms with Gasteiger partial charge in [0, 0.05) is 39.6 Å². The summed E-state index contributed by atoms with van der Waals surface area (Å²) in [6, 6.07) is 5.87. The van der Waals surface area contributed by atoms with Gasteiger partial charge in [-0.05, 0) is 30.7 Å². The number of carbonyl (C=O) groups excluding carboxylic acids is 2. The molecule has 5 nitrogen and oxygen atoms in total. The summed E-state index contributed by atoms with van der Waals surface area (Å²) >= 11 is 0. The molecule has 0 aromatic heterocycles. The minimum Gasteiger partial charge on any atom is -0.340 e. The first-order valence-electron chi connectivity index (χ1n) is 9.03. The van der Waals surface area contributed by atoms with Gasteiger partial charge in [-0.25, -0.2) is 4.39 Å². The number of piperidine rings is 1. The van der Waals surface area contributed by atoms with Crippen LogP contribution in [0.15, 0.2) is 24.3 Å². The molecule has 2 aliphatic heterocycles. The maximum atomic E-state index is 13.7. The summed E-state index contributed by atoms with van der Waals surface area (Å²) in [6.07, 6.45) is 0.894. The zero-order valence-corrected chi connectivity index (χ0v) is 14.9. The van der Waals surface area contributed by atoms with Crippen LogP contribution in [0.2, 0.25) is 0 Å². The molecular formula is C19H26FN3O2. The number of piperazine rings is 1. The third kappa shape index (κ3) is 3.68. The second-order valence-electron chi connectivity index (χ2n) is 6.91. The van der Waals surface area contributed by atoms with Gasteiger partial charge in [-0.15, -0.1) is 0 Å². The highest BCUT2D eigenvalue weighted by Gasteiger charge is 2.41. The highest BCUT2D eigenvalue weighted by molar-refractivity contribution is 5.85. The van der Waals surface area contributed by atoms with Crippen LogP contribution in [0.25, 0.3) is 0 Å². The Kier molecular flexibility index (Phi) is 5.37. The van der Waals surface area contributed by atoms with Crippen molar-refractivity contribution in [3.63, 3.8) is 0 Å². The van der Waals surface area contributed by atoms with E-state index in [0.29, 0.717) is 18.4 Å². The summed E-state index contributed by atoms with van der Waals surface area (Å²) in [7, 11) is 1.71. The average molecular weight is 347 g/mol. The predicted octanol–water partition coefficient (Wildman–Crippen LogP) is 1.90. The van der Waals surface area contributed by atoms with Gasteiger partial charge in [0.25, 0.3) is 0 Å². The molecule has 2 amide bonds. The van der Waals surface area contributed by atoms with Gasteiger partial charge in [0.05, 0.1) is 12.0 Å². The molecule has 0 unspecified atom stereocenters. The van der Waals surface area contributed by atoms with Crippen molar-refractivity contribution in [3.8, 4) is 0 Å². The van der Waals surface area contributed by atoms with Crippen molar-refractivity contribution < 1.29 is 14.0 Å². The van der Waals surface area contributed by atoms with Crippen molar-refractivity contribution in [1.82, 2.24) is 14.7 Å². The van der Waals surface area contributed by atoms with Crippen molar-refractivity contribution >= 4 is 11.8 Å². The maximum Gasteiger partial charge on any atom is 0.228 e. The summed E-state index contributed by atoms with van der Waals surface area (Å²) in [5.41, 5.74) is 0.695. The van der Waals surface area contributed by atoms with Gasteiger partial charge in [-0.1, -0.05) is 19.1 Å². The van der Waals surface area contributed by atoms with E-state index in [4.69, 9.17) is 0 Å². The van der Waals surface area contributed by atoms with Gasteiger partial charge in [-0.2, -0.15) is 0 Å². The first-order chi connectivity index (χ1) is 12.0. The smallest absolute Gasteiger partial charge is 0.228 e. The number of benzene rings is 1. The number of halogens is 1. The highest BCUT2D eigenvalue weighted by atomic mass is 19.1. The van der Waals surface area contributed by atoms with Gasteiger partial charge in [0.15, 0.2) is 0 Å². The minimum absolute atomic E-state index is 0.00844. The molecule has 0 aliphatic carbocycles. The number of hydrogen-bond acceptors (Lipinski definition) is 3. The number of amides is 2. The van der Waals surface area contributed by atoms with Gasteiger partial charge >= 0.3 is 0 Å². The Balaban J connectivity index is 1.82. The topological polar surface area (TPSA) is 43.9 Å². The zero-order valence-electron chi connectivity index (χ0n) is 14.9. The monoisotopic (exact) mass is 347 g/mol. The summed E-state index contributed by atoms with van der Waals surface area (Å²) in [4.78, 5) is 31.2. The normalized spacial score (nSPS) is 25.3. The number of likely N-dealkylation sites (N-methyl/N-ethyl adjacent to an activating group) is 1. The van der Waals surface area contributed by atoms with Crippen molar-refractivity contribution in [2.75, 3.05) is 39.8 Å². The molecule has 2 fully saturated rings. The Hall–Kier alpha value is -1.95. The lowest BCUT2D eigenvalue weighted by molar-refractivity contribution is -0.147. The highest BCUT2D eigenvalue weighted by Crippen LogP contribution is 2.37. The molecule has 0 saturated carbocycles. The Morgan fingerprint density at radius 1 is 1.24 bits per heavy atom. The van der Waals surface area contributed by atoms with Crippen molar-refractivity contribution in [2.24, 2.45) is 5.92 Å². The molecule has 2 atom stereocenters. The van der Waals surface area contributed by atoms with Crippen LogP contribution >= 0.6 is 0 Å². The standard InChI is InChI=1S/C19H26FN3O2/c1-3-22-9-11-23(12-10-22)19(25)16-7-8-17(24)21(2)18(16)14-5-4-6-15(20)13-14/h4-6,13,16,18H,3,7-12H2,1-2H3/t16-,18-/m0/s1. The quantitative estimate of drug-likeness (QED) is 0.839. The SMILES string of the molecule is CCN1CCN(C(=O)[C@H]2CCC(=O)N(C)[C@H]2c2cccc(F)c2)CC1. The Morgan fingerprint density at radius 2 is 1.96 bits per heavy atom. The molecule has 0 bridgehead atoms. The summed E-state index contributed by atoms with van der Waals surface area (Å²) in [5, 5.41) is 0. The lowest BCUT2D eigenvalue weighted by Gasteiger charge is -2.42. The molecule has 2 aliphatic rings. The van der Waals surface area contributed by atoms with Gasteiger partial charge < -0.3 is 14.7 Å². The number of rotatable bonds is 3. The van der Waals surface area contributed by atoms with E-state index in [1.165, 1.54) is 12.1 Å². The van der Waals surface area contributed by atoms with Crippen LogP contribution in [-0.4, -0.2) is 66.3 Å². The van der Waals surface area contributed by atoms with Crippen LogP contribution < -0.4 is 0 Å². The molecule has 1 aromatic rings. The fourth-order valence-corrected chi connectivity index (χ4v) is 3.96. The third-order valence-electron chi connectivity index (χ3n) is 5.50. The first-order valence-corrected chi connectivity index (χ1v) is 9.03. The zero-order chi connectivity index (χ0) is 18.0. The van der Waals surface area contributed by atoms with E-state index in [0.717, 1.165) is 32.7 Å². The van der Waals surface area contributed by atoms with Crippen LogP contribution in [0.4, 0.5) is 4.39 Å². The van der Waals surface area contributed by atoms with E-state index in [1.54, 1.807) is 24.1 Å². The predicted molar refractivity (Wildman–Crippen MR) is 93.3 cm³/mol. The van der Waals surface area contributed by atoms with E-state index in [-0.39, 0.29) is 23.5 Å². The third-order valence-corrected chi connectivity index (χ3v) is 5.50. The van der Waals surface area contributed by atoms with E-state index in [2.05, 4.69) is 11.8 Å². The van der Waals surface area contributed by atoms with Gasteiger partial charge in [0.2, 0.25) is 11.8 Å². The summed E-state index contributed by atoms with van der Waals surface area (Å²) in [6.45, 7) is 6.32. The Bertz CT molecular complexity index is 643. The van der Waals surface area contributed by atoms with Gasteiger partial charge in [0.1, 0.15) is 5.82 Å². The fraction of sp³-hybridized carbons (Fsp3) is 0.579.